The number of esters is 1. The van der Waals surface area contributed by atoms with Gasteiger partial charge in [-0.2, -0.15) is 0 Å². The van der Waals surface area contributed by atoms with Crippen molar-refractivity contribution in [1.29, 1.82) is 0 Å². The lowest BCUT2D eigenvalue weighted by Crippen LogP contribution is -2.21. The zero-order valence-corrected chi connectivity index (χ0v) is 11.8. The van der Waals surface area contributed by atoms with E-state index in [-0.39, 0.29) is 36.0 Å². The van der Waals surface area contributed by atoms with E-state index >= 15 is 0 Å². The lowest BCUT2D eigenvalue weighted by Gasteiger charge is -2.14. The molecule has 1 atom stereocenters. The van der Waals surface area contributed by atoms with Gasteiger partial charge in [0, 0.05) is 17.7 Å². The summed E-state index contributed by atoms with van der Waals surface area (Å²) < 4.78 is 4.80. The molecule has 114 valence electrons. The van der Waals surface area contributed by atoms with E-state index < -0.39 is 16.8 Å². The van der Waals surface area contributed by atoms with Crippen molar-refractivity contribution < 1.29 is 19.2 Å². The van der Waals surface area contributed by atoms with Crippen LogP contribution in [0.3, 0.4) is 0 Å². The van der Waals surface area contributed by atoms with E-state index in [0.29, 0.717) is 0 Å². The van der Waals surface area contributed by atoms with E-state index in [2.05, 4.69) is 5.32 Å². The molecule has 0 heterocycles. The molecular formula is C13H17N3O5. The van der Waals surface area contributed by atoms with Gasteiger partial charge in [0.15, 0.2) is 0 Å². The summed E-state index contributed by atoms with van der Waals surface area (Å²) in [5.41, 5.74) is 5.07. The van der Waals surface area contributed by atoms with Crippen molar-refractivity contribution in [2.45, 2.75) is 26.3 Å². The third-order valence-corrected chi connectivity index (χ3v) is 2.66. The molecule has 0 aliphatic rings. The highest BCUT2D eigenvalue weighted by Crippen LogP contribution is 2.26. The lowest BCUT2D eigenvalue weighted by molar-refractivity contribution is -0.384. The minimum atomic E-state index is -0.746. The Hall–Kier alpha value is -2.64. The average molecular weight is 295 g/mol. The zero-order chi connectivity index (χ0) is 16.0. The standard InChI is InChI=1S/C13H17N3O5/c1-3-21-12(17)6-8(2)15-10-5-4-9(13(14)18)7-11(10)16(19)20/h4-5,7-8,15H,3,6H2,1-2H3,(H2,14,18). The molecule has 0 saturated heterocycles. The normalized spacial score (nSPS) is 11.5. The second-order valence-corrected chi connectivity index (χ2v) is 4.41. The third kappa shape index (κ3) is 4.75. The molecular weight excluding hydrogens is 278 g/mol. The minimum absolute atomic E-state index is 0.0466. The number of anilines is 1. The predicted octanol–water partition coefficient (Wildman–Crippen LogP) is 1.45. The Morgan fingerprint density at radius 2 is 2.14 bits per heavy atom. The largest absolute Gasteiger partial charge is 0.466 e. The van der Waals surface area contributed by atoms with Gasteiger partial charge < -0.3 is 15.8 Å². The van der Waals surface area contributed by atoms with Gasteiger partial charge in [0.25, 0.3) is 5.69 Å². The molecule has 0 bridgehead atoms. The van der Waals surface area contributed by atoms with Gasteiger partial charge in [-0.3, -0.25) is 19.7 Å². The Morgan fingerprint density at radius 1 is 1.48 bits per heavy atom. The summed E-state index contributed by atoms with van der Waals surface area (Å²) in [5.74, 6) is -1.14. The predicted molar refractivity (Wildman–Crippen MR) is 75.9 cm³/mol. The Balaban J connectivity index is 2.89. The van der Waals surface area contributed by atoms with Crippen molar-refractivity contribution in [3.8, 4) is 0 Å². The summed E-state index contributed by atoms with van der Waals surface area (Å²) in [6.07, 6.45) is 0.0720. The first-order valence-electron chi connectivity index (χ1n) is 6.35. The van der Waals surface area contributed by atoms with Gasteiger partial charge in [0.05, 0.1) is 18.0 Å². The second-order valence-electron chi connectivity index (χ2n) is 4.41. The summed E-state index contributed by atoms with van der Waals surface area (Å²) in [7, 11) is 0. The maximum Gasteiger partial charge on any atom is 0.307 e. The number of ether oxygens (including phenoxy) is 1. The van der Waals surface area contributed by atoms with Gasteiger partial charge >= 0.3 is 5.97 Å². The number of carbonyl (C=O) groups excluding carboxylic acids is 2. The summed E-state index contributed by atoms with van der Waals surface area (Å²) in [5, 5.41) is 13.9. The molecule has 1 rings (SSSR count). The molecule has 1 aromatic carbocycles. The van der Waals surface area contributed by atoms with Crippen LogP contribution in [0.5, 0.6) is 0 Å². The van der Waals surface area contributed by atoms with Crippen molar-refractivity contribution >= 4 is 23.3 Å². The fraction of sp³-hybridized carbons (Fsp3) is 0.385. The molecule has 0 aromatic heterocycles. The molecule has 0 aliphatic carbocycles. The lowest BCUT2D eigenvalue weighted by atomic mass is 10.1. The van der Waals surface area contributed by atoms with Crippen LogP contribution in [0.4, 0.5) is 11.4 Å². The van der Waals surface area contributed by atoms with Crippen molar-refractivity contribution in [3.05, 3.63) is 33.9 Å². The van der Waals surface area contributed by atoms with Gasteiger partial charge in [-0.1, -0.05) is 0 Å². The number of carbonyl (C=O) groups is 2. The van der Waals surface area contributed by atoms with Gasteiger partial charge in [-0.05, 0) is 26.0 Å². The van der Waals surface area contributed by atoms with Crippen molar-refractivity contribution in [2.75, 3.05) is 11.9 Å². The number of nitrogens with zero attached hydrogens (tertiary/aromatic N) is 1. The van der Waals surface area contributed by atoms with Crippen LogP contribution in [0.15, 0.2) is 18.2 Å². The molecule has 0 radical (unpaired) electrons. The molecule has 1 unspecified atom stereocenters. The van der Waals surface area contributed by atoms with E-state index in [1.54, 1.807) is 13.8 Å². The number of benzene rings is 1. The van der Waals surface area contributed by atoms with Crippen LogP contribution in [0, 0.1) is 10.1 Å². The van der Waals surface area contributed by atoms with Gasteiger partial charge in [0.1, 0.15) is 5.69 Å². The number of hydrogen-bond acceptors (Lipinski definition) is 6. The highest BCUT2D eigenvalue weighted by atomic mass is 16.6. The number of rotatable bonds is 7. The first-order valence-corrected chi connectivity index (χ1v) is 6.35. The Labute approximate surface area is 121 Å². The summed E-state index contributed by atoms with van der Waals surface area (Å²) in [4.78, 5) is 32.8. The number of amides is 1. The molecule has 21 heavy (non-hydrogen) atoms. The van der Waals surface area contributed by atoms with Gasteiger partial charge in [0.2, 0.25) is 5.91 Å². The molecule has 0 spiro atoms. The highest BCUT2D eigenvalue weighted by molar-refractivity contribution is 5.94. The smallest absolute Gasteiger partial charge is 0.307 e. The van der Waals surface area contributed by atoms with Crippen LogP contribution >= 0.6 is 0 Å². The Morgan fingerprint density at radius 3 is 2.67 bits per heavy atom. The molecule has 8 nitrogen and oxygen atoms in total. The SMILES string of the molecule is CCOC(=O)CC(C)Nc1ccc(C(N)=O)cc1[N+](=O)[O-]. The molecule has 3 N–H and O–H groups in total. The van der Waals surface area contributed by atoms with Crippen LogP contribution in [0.25, 0.3) is 0 Å². The number of nitrogens with two attached hydrogens (primary N) is 1. The maximum absolute atomic E-state index is 11.3. The average Bonchev–Trinajstić information content (AvgIpc) is 2.38. The number of nitro groups is 1. The quantitative estimate of drug-likeness (QED) is 0.445. The van der Waals surface area contributed by atoms with Crippen LogP contribution in [-0.2, 0) is 9.53 Å². The molecule has 0 saturated carbocycles. The van der Waals surface area contributed by atoms with Gasteiger partial charge in [-0.15, -0.1) is 0 Å². The van der Waals surface area contributed by atoms with Crippen LogP contribution in [-0.4, -0.2) is 29.4 Å². The van der Waals surface area contributed by atoms with Crippen LogP contribution in [0.1, 0.15) is 30.6 Å². The topological polar surface area (TPSA) is 125 Å². The van der Waals surface area contributed by atoms with Gasteiger partial charge in [-0.25, -0.2) is 0 Å². The van der Waals surface area contributed by atoms with E-state index in [4.69, 9.17) is 10.5 Å². The molecule has 0 aliphatic heterocycles. The molecule has 1 amide bonds. The zero-order valence-electron chi connectivity index (χ0n) is 11.8. The molecule has 0 fully saturated rings. The second kappa shape index (κ2) is 7.22. The Bertz CT molecular complexity index is 559. The number of nitro benzene ring substituents is 1. The number of hydrogen-bond donors (Lipinski definition) is 2. The van der Waals surface area contributed by atoms with Crippen molar-refractivity contribution in [1.82, 2.24) is 0 Å². The number of nitrogens with one attached hydrogen (secondary N) is 1. The summed E-state index contributed by atoms with van der Waals surface area (Å²) in [6.45, 7) is 3.67. The summed E-state index contributed by atoms with van der Waals surface area (Å²) in [6, 6.07) is 3.51. The first-order chi connectivity index (χ1) is 9.85. The first kappa shape index (κ1) is 16.4. The van der Waals surface area contributed by atoms with E-state index in [9.17, 15) is 19.7 Å². The fourth-order valence-electron chi connectivity index (χ4n) is 1.74. The van der Waals surface area contributed by atoms with Crippen LogP contribution in [0.2, 0.25) is 0 Å². The molecule has 1 aromatic rings. The third-order valence-electron chi connectivity index (χ3n) is 2.66. The summed E-state index contributed by atoms with van der Waals surface area (Å²) >= 11 is 0. The van der Waals surface area contributed by atoms with E-state index in [1.807, 2.05) is 0 Å². The van der Waals surface area contributed by atoms with E-state index in [1.165, 1.54) is 12.1 Å². The fourth-order valence-corrected chi connectivity index (χ4v) is 1.74. The maximum atomic E-state index is 11.3. The minimum Gasteiger partial charge on any atom is -0.466 e. The molecule has 8 heteroatoms. The monoisotopic (exact) mass is 295 g/mol. The van der Waals surface area contributed by atoms with E-state index in [0.717, 1.165) is 6.07 Å². The number of primary amides is 1. The highest BCUT2D eigenvalue weighted by Gasteiger charge is 2.19. The Kier molecular flexibility index (Phi) is 5.65. The van der Waals surface area contributed by atoms with Crippen molar-refractivity contribution in [3.63, 3.8) is 0 Å². The van der Waals surface area contributed by atoms with Crippen LogP contribution < -0.4 is 11.1 Å². The van der Waals surface area contributed by atoms with Crippen molar-refractivity contribution in [2.24, 2.45) is 5.73 Å².